The van der Waals surface area contributed by atoms with E-state index in [4.69, 9.17) is 17.3 Å². The Morgan fingerprint density at radius 1 is 1.50 bits per heavy atom. The molecule has 0 saturated carbocycles. The Morgan fingerprint density at radius 2 is 2.19 bits per heavy atom. The smallest absolute Gasteiger partial charge is 0.108 e. The minimum absolute atomic E-state index is 0.121. The highest BCUT2D eigenvalue weighted by Gasteiger charge is 2.23. The second-order valence-corrected chi connectivity index (χ2v) is 4.74. The fourth-order valence-electron chi connectivity index (χ4n) is 1.77. The highest BCUT2D eigenvalue weighted by atomic mass is 35.5. The number of hydrogen-bond acceptors (Lipinski definition) is 2. The van der Waals surface area contributed by atoms with E-state index in [1.54, 1.807) is 12.3 Å². The number of nitrogens with two attached hydrogens (primary N) is 1. The maximum Gasteiger partial charge on any atom is 0.108 e. The van der Waals surface area contributed by atoms with Crippen LogP contribution in [0.3, 0.4) is 0 Å². The van der Waals surface area contributed by atoms with Gasteiger partial charge in [-0.1, -0.05) is 25.4 Å². The van der Waals surface area contributed by atoms with Crippen LogP contribution in [0.25, 0.3) is 0 Å². The molecule has 0 aromatic carbocycles. The van der Waals surface area contributed by atoms with Gasteiger partial charge in [0.15, 0.2) is 0 Å². The molecule has 1 heterocycles. The second kappa shape index (κ2) is 6.16. The minimum atomic E-state index is -0.954. The van der Waals surface area contributed by atoms with Crippen LogP contribution in [0.5, 0.6) is 0 Å². The zero-order chi connectivity index (χ0) is 12.1. The van der Waals surface area contributed by atoms with E-state index >= 15 is 0 Å². The van der Waals surface area contributed by atoms with E-state index in [-0.39, 0.29) is 11.8 Å². The largest absolute Gasteiger partial charge is 0.330 e. The van der Waals surface area contributed by atoms with Gasteiger partial charge in [0.05, 0.1) is 5.02 Å². The molecule has 1 aromatic rings. The minimum Gasteiger partial charge on any atom is -0.330 e. The molecule has 0 fully saturated rings. The summed E-state index contributed by atoms with van der Waals surface area (Å²) in [5, 5.41) is 0.518. The molecule has 16 heavy (non-hydrogen) atoms. The van der Waals surface area contributed by atoms with Gasteiger partial charge in [-0.05, 0) is 24.1 Å². The third-order valence-corrected chi connectivity index (χ3v) is 3.20. The summed E-state index contributed by atoms with van der Waals surface area (Å²) in [5.41, 5.74) is 6.38. The van der Waals surface area contributed by atoms with Gasteiger partial charge in [-0.25, -0.2) is 4.39 Å². The topological polar surface area (TPSA) is 38.9 Å². The highest BCUT2D eigenvalue weighted by molar-refractivity contribution is 6.31. The van der Waals surface area contributed by atoms with Gasteiger partial charge in [0.1, 0.15) is 6.17 Å². The Balaban J connectivity index is 2.70. The first-order valence-electron chi connectivity index (χ1n) is 5.48. The predicted octanol–water partition coefficient (Wildman–Crippen LogP) is 2.85. The summed E-state index contributed by atoms with van der Waals surface area (Å²) < 4.78 is 14.0. The van der Waals surface area contributed by atoms with Crippen LogP contribution in [0.1, 0.15) is 19.4 Å². The average Bonchev–Trinajstić information content (AvgIpc) is 2.22. The van der Waals surface area contributed by atoms with E-state index in [0.717, 1.165) is 5.56 Å². The van der Waals surface area contributed by atoms with Crippen LogP contribution in [0, 0.1) is 11.8 Å². The maximum absolute atomic E-state index is 14.0. The summed E-state index contributed by atoms with van der Waals surface area (Å²) in [7, 11) is 0. The van der Waals surface area contributed by atoms with Crippen molar-refractivity contribution in [2.75, 3.05) is 6.54 Å². The number of aromatic nitrogens is 1. The van der Waals surface area contributed by atoms with Gasteiger partial charge >= 0.3 is 0 Å². The lowest BCUT2D eigenvalue weighted by Gasteiger charge is -2.23. The molecule has 2 N–H and O–H groups in total. The van der Waals surface area contributed by atoms with Gasteiger partial charge < -0.3 is 5.73 Å². The van der Waals surface area contributed by atoms with Crippen molar-refractivity contribution in [3.63, 3.8) is 0 Å². The van der Waals surface area contributed by atoms with Crippen molar-refractivity contribution in [2.45, 2.75) is 26.4 Å². The normalized spacial score (nSPS) is 15.1. The first-order valence-corrected chi connectivity index (χ1v) is 5.86. The van der Waals surface area contributed by atoms with Gasteiger partial charge in [-0.2, -0.15) is 0 Å². The molecule has 0 aliphatic heterocycles. The summed E-state index contributed by atoms with van der Waals surface area (Å²) in [4.78, 5) is 3.87. The van der Waals surface area contributed by atoms with Crippen molar-refractivity contribution < 1.29 is 4.39 Å². The summed E-state index contributed by atoms with van der Waals surface area (Å²) >= 11 is 5.94. The number of halogens is 2. The number of alkyl halides is 1. The molecule has 90 valence electrons. The van der Waals surface area contributed by atoms with Crippen LogP contribution in [0.15, 0.2) is 18.5 Å². The molecular weight excluding hydrogens is 227 g/mol. The van der Waals surface area contributed by atoms with Gasteiger partial charge in [0.25, 0.3) is 0 Å². The van der Waals surface area contributed by atoms with Crippen molar-refractivity contribution in [1.82, 2.24) is 4.98 Å². The van der Waals surface area contributed by atoms with Crippen molar-refractivity contribution in [3.8, 4) is 0 Å². The molecule has 2 nitrogen and oxygen atoms in total. The quantitative estimate of drug-likeness (QED) is 0.865. The van der Waals surface area contributed by atoms with Gasteiger partial charge in [0, 0.05) is 24.7 Å². The first-order chi connectivity index (χ1) is 7.56. The van der Waals surface area contributed by atoms with Crippen molar-refractivity contribution in [3.05, 3.63) is 29.0 Å². The number of nitrogens with zero attached hydrogens (tertiary/aromatic N) is 1. The van der Waals surface area contributed by atoms with Gasteiger partial charge in [0.2, 0.25) is 0 Å². The van der Waals surface area contributed by atoms with Crippen molar-refractivity contribution in [2.24, 2.45) is 17.6 Å². The third kappa shape index (κ3) is 3.42. The Morgan fingerprint density at radius 3 is 2.69 bits per heavy atom. The van der Waals surface area contributed by atoms with E-state index in [2.05, 4.69) is 4.98 Å². The SMILES string of the molecule is CC(C)C(CN)C(F)Cc1ccncc1Cl. The molecule has 0 aliphatic carbocycles. The number of pyridine rings is 1. The lowest BCUT2D eigenvalue weighted by atomic mass is 9.88. The summed E-state index contributed by atoms with van der Waals surface area (Å²) in [6.07, 6.45) is 2.52. The van der Waals surface area contributed by atoms with Crippen LogP contribution >= 0.6 is 11.6 Å². The maximum atomic E-state index is 14.0. The second-order valence-electron chi connectivity index (χ2n) is 4.33. The number of rotatable bonds is 5. The van der Waals surface area contributed by atoms with Crippen molar-refractivity contribution in [1.29, 1.82) is 0 Å². The molecule has 0 amide bonds. The molecule has 0 radical (unpaired) electrons. The molecule has 4 heteroatoms. The van der Waals surface area contributed by atoms with Crippen LogP contribution in [-0.2, 0) is 6.42 Å². The first kappa shape index (κ1) is 13.4. The Hall–Kier alpha value is -0.670. The predicted molar refractivity (Wildman–Crippen MR) is 65.2 cm³/mol. The Bertz CT molecular complexity index is 331. The lowest BCUT2D eigenvalue weighted by Crippen LogP contribution is -2.30. The molecule has 0 bridgehead atoms. The fraction of sp³-hybridized carbons (Fsp3) is 0.583. The van der Waals surface area contributed by atoms with Gasteiger partial charge in [-0.3, -0.25) is 4.98 Å². The Labute approximate surface area is 101 Å². The number of hydrogen-bond donors (Lipinski definition) is 1. The summed E-state index contributed by atoms with van der Waals surface area (Å²) in [6, 6.07) is 1.75. The lowest BCUT2D eigenvalue weighted by molar-refractivity contribution is 0.185. The van der Waals surface area contributed by atoms with E-state index in [1.807, 2.05) is 13.8 Å². The molecule has 1 rings (SSSR count). The van der Waals surface area contributed by atoms with E-state index in [0.29, 0.717) is 18.0 Å². The molecular formula is C12H18ClFN2. The average molecular weight is 245 g/mol. The van der Waals surface area contributed by atoms with Gasteiger partial charge in [-0.15, -0.1) is 0 Å². The summed E-state index contributed by atoms with van der Waals surface area (Å²) in [5.74, 6) is 0.116. The third-order valence-electron chi connectivity index (χ3n) is 2.86. The van der Waals surface area contributed by atoms with Crippen LogP contribution < -0.4 is 5.73 Å². The molecule has 2 atom stereocenters. The molecule has 0 saturated heterocycles. The molecule has 0 aliphatic rings. The molecule has 0 spiro atoms. The monoisotopic (exact) mass is 244 g/mol. The molecule has 2 unspecified atom stereocenters. The Kier molecular flexibility index (Phi) is 5.16. The van der Waals surface area contributed by atoms with E-state index in [9.17, 15) is 4.39 Å². The zero-order valence-corrected chi connectivity index (χ0v) is 10.4. The van der Waals surface area contributed by atoms with E-state index < -0.39 is 6.17 Å². The standard InChI is InChI=1S/C12H18ClFN2/c1-8(2)10(6-15)12(14)5-9-3-4-16-7-11(9)13/h3-4,7-8,10,12H,5-6,15H2,1-2H3. The highest BCUT2D eigenvalue weighted by Crippen LogP contribution is 2.23. The van der Waals surface area contributed by atoms with E-state index in [1.165, 1.54) is 6.20 Å². The molecule has 1 aromatic heterocycles. The zero-order valence-electron chi connectivity index (χ0n) is 9.66. The van der Waals surface area contributed by atoms with Crippen molar-refractivity contribution >= 4 is 11.6 Å². The summed E-state index contributed by atoms with van der Waals surface area (Å²) in [6.45, 7) is 4.33. The van der Waals surface area contributed by atoms with Crippen LogP contribution in [0.2, 0.25) is 5.02 Å². The van der Waals surface area contributed by atoms with Crippen LogP contribution in [-0.4, -0.2) is 17.7 Å². The van der Waals surface area contributed by atoms with Crippen LogP contribution in [0.4, 0.5) is 4.39 Å². The fourth-order valence-corrected chi connectivity index (χ4v) is 1.96.